The molecule has 116 valence electrons. The SMILES string of the molecule is Cc1ccc(C(=O)C(C)OC2CC(C)CC(C)(C)C2)cc1. The van der Waals surface area contributed by atoms with Gasteiger partial charge in [-0.25, -0.2) is 0 Å². The lowest BCUT2D eigenvalue weighted by molar-refractivity contribution is -0.0478. The van der Waals surface area contributed by atoms with Crippen LogP contribution in [0.1, 0.15) is 62.9 Å². The van der Waals surface area contributed by atoms with Crippen LogP contribution in [0.25, 0.3) is 0 Å². The minimum atomic E-state index is -0.362. The Morgan fingerprint density at radius 1 is 1.24 bits per heavy atom. The number of benzene rings is 1. The van der Waals surface area contributed by atoms with Gasteiger partial charge in [0.25, 0.3) is 0 Å². The van der Waals surface area contributed by atoms with Gasteiger partial charge in [-0.1, -0.05) is 50.6 Å². The molecule has 1 saturated carbocycles. The third kappa shape index (κ3) is 4.41. The van der Waals surface area contributed by atoms with Gasteiger partial charge in [-0.15, -0.1) is 0 Å². The maximum Gasteiger partial charge on any atom is 0.191 e. The molecule has 1 aliphatic carbocycles. The van der Waals surface area contributed by atoms with Crippen LogP contribution < -0.4 is 0 Å². The van der Waals surface area contributed by atoms with E-state index in [0.29, 0.717) is 11.3 Å². The maximum atomic E-state index is 12.4. The summed E-state index contributed by atoms with van der Waals surface area (Å²) in [7, 11) is 0. The normalized spacial score (nSPS) is 26.3. The van der Waals surface area contributed by atoms with Crippen molar-refractivity contribution in [3.8, 4) is 0 Å². The van der Waals surface area contributed by atoms with Gasteiger partial charge in [0.2, 0.25) is 0 Å². The highest BCUT2D eigenvalue weighted by Crippen LogP contribution is 2.40. The Morgan fingerprint density at radius 3 is 2.43 bits per heavy atom. The second kappa shape index (κ2) is 6.31. The van der Waals surface area contributed by atoms with E-state index in [2.05, 4.69) is 20.8 Å². The molecule has 0 aromatic heterocycles. The third-order valence-corrected chi connectivity index (χ3v) is 4.45. The van der Waals surface area contributed by atoms with Gasteiger partial charge >= 0.3 is 0 Å². The Balaban J connectivity index is 1.99. The highest BCUT2D eigenvalue weighted by molar-refractivity contribution is 5.99. The molecule has 3 atom stereocenters. The second-order valence-electron chi connectivity index (χ2n) is 7.54. The number of Topliss-reactive ketones (excluding diaryl/α,β-unsaturated/α-hetero) is 1. The number of aryl methyl sites for hydroxylation is 1. The van der Waals surface area contributed by atoms with E-state index < -0.39 is 0 Å². The van der Waals surface area contributed by atoms with Gasteiger partial charge in [-0.2, -0.15) is 0 Å². The number of carbonyl (C=O) groups excluding carboxylic acids is 1. The molecule has 0 heterocycles. The molecule has 0 N–H and O–H groups in total. The summed E-state index contributed by atoms with van der Waals surface area (Å²) in [5.41, 5.74) is 2.23. The zero-order valence-corrected chi connectivity index (χ0v) is 14.0. The Labute approximate surface area is 128 Å². The van der Waals surface area contributed by atoms with Gasteiger partial charge in [0.1, 0.15) is 6.10 Å². The molecule has 0 amide bonds. The molecule has 2 heteroatoms. The molecule has 21 heavy (non-hydrogen) atoms. The predicted molar refractivity (Wildman–Crippen MR) is 86.6 cm³/mol. The minimum Gasteiger partial charge on any atom is -0.367 e. The van der Waals surface area contributed by atoms with Crippen molar-refractivity contribution in [3.05, 3.63) is 35.4 Å². The maximum absolute atomic E-state index is 12.4. The monoisotopic (exact) mass is 288 g/mol. The topological polar surface area (TPSA) is 26.3 Å². The summed E-state index contributed by atoms with van der Waals surface area (Å²) in [6, 6.07) is 7.74. The van der Waals surface area contributed by atoms with Crippen LogP contribution in [0.2, 0.25) is 0 Å². The number of rotatable bonds is 4. The van der Waals surface area contributed by atoms with Gasteiger partial charge < -0.3 is 4.74 Å². The van der Waals surface area contributed by atoms with Crippen LogP contribution in [-0.2, 0) is 4.74 Å². The third-order valence-electron chi connectivity index (χ3n) is 4.45. The van der Waals surface area contributed by atoms with E-state index in [-0.39, 0.29) is 18.0 Å². The lowest BCUT2D eigenvalue weighted by Gasteiger charge is -2.39. The van der Waals surface area contributed by atoms with E-state index in [9.17, 15) is 4.79 Å². The number of carbonyl (C=O) groups is 1. The minimum absolute atomic E-state index is 0.0889. The van der Waals surface area contributed by atoms with Gasteiger partial charge in [-0.3, -0.25) is 4.79 Å². The van der Waals surface area contributed by atoms with Crippen LogP contribution in [0.15, 0.2) is 24.3 Å². The Hall–Kier alpha value is -1.15. The largest absolute Gasteiger partial charge is 0.367 e. The lowest BCUT2D eigenvalue weighted by atomic mass is 9.71. The Bertz CT molecular complexity index is 487. The molecule has 1 fully saturated rings. The van der Waals surface area contributed by atoms with Gasteiger partial charge in [0.15, 0.2) is 5.78 Å². The number of hydrogen-bond acceptors (Lipinski definition) is 2. The summed E-state index contributed by atoms with van der Waals surface area (Å²) >= 11 is 0. The van der Waals surface area contributed by atoms with Crippen molar-refractivity contribution < 1.29 is 9.53 Å². The Morgan fingerprint density at radius 2 is 1.86 bits per heavy atom. The smallest absolute Gasteiger partial charge is 0.191 e. The van der Waals surface area contributed by atoms with E-state index in [1.54, 1.807) is 0 Å². The van der Waals surface area contributed by atoms with Crippen molar-refractivity contribution in [2.75, 3.05) is 0 Å². The predicted octanol–water partition coefficient (Wildman–Crippen LogP) is 4.80. The zero-order chi connectivity index (χ0) is 15.6. The first kappa shape index (κ1) is 16.2. The fourth-order valence-corrected chi connectivity index (χ4v) is 3.67. The van der Waals surface area contributed by atoms with Crippen molar-refractivity contribution in [2.45, 2.75) is 66.1 Å². The van der Waals surface area contributed by atoms with Crippen LogP contribution in [0.4, 0.5) is 0 Å². The molecular weight excluding hydrogens is 260 g/mol. The highest BCUT2D eigenvalue weighted by Gasteiger charge is 2.34. The average molecular weight is 288 g/mol. The van der Waals surface area contributed by atoms with E-state index in [1.807, 2.05) is 38.1 Å². The molecule has 0 aliphatic heterocycles. The highest BCUT2D eigenvalue weighted by atomic mass is 16.5. The number of ether oxygens (including phenoxy) is 1. The quantitative estimate of drug-likeness (QED) is 0.744. The first-order chi connectivity index (χ1) is 9.77. The molecule has 0 spiro atoms. The van der Waals surface area contributed by atoms with Gasteiger partial charge in [0, 0.05) is 5.56 Å². The summed E-state index contributed by atoms with van der Waals surface area (Å²) in [4.78, 5) is 12.4. The van der Waals surface area contributed by atoms with Gasteiger partial charge in [-0.05, 0) is 44.4 Å². The molecule has 1 aromatic rings. The van der Waals surface area contributed by atoms with E-state index in [4.69, 9.17) is 4.74 Å². The van der Waals surface area contributed by atoms with Crippen molar-refractivity contribution in [2.24, 2.45) is 11.3 Å². The van der Waals surface area contributed by atoms with Crippen LogP contribution in [0, 0.1) is 18.3 Å². The average Bonchev–Trinajstić information content (AvgIpc) is 2.36. The van der Waals surface area contributed by atoms with Crippen molar-refractivity contribution in [1.82, 2.24) is 0 Å². The summed E-state index contributed by atoms with van der Waals surface area (Å²) in [5.74, 6) is 0.756. The van der Waals surface area contributed by atoms with Crippen molar-refractivity contribution in [3.63, 3.8) is 0 Å². The zero-order valence-electron chi connectivity index (χ0n) is 14.0. The second-order valence-corrected chi connectivity index (χ2v) is 7.54. The molecule has 2 nitrogen and oxygen atoms in total. The molecule has 1 aromatic carbocycles. The summed E-state index contributed by atoms with van der Waals surface area (Å²) < 4.78 is 6.09. The van der Waals surface area contributed by atoms with Crippen LogP contribution in [0.5, 0.6) is 0 Å². The number of hydrogen-bond donors (Lipinski definition) is 0. The van der Waals surface area contributed by atoms with Crippen LogP contribution in [-0.4, -0.2) is 18.0 Å². The first-order valence-corrected chi connectivity index (χ1v) is 8.03. The summed E-state index contributed by atoms with van der Waals surface area (Å²) in [6.45, 7) is 10.8. The molecule has 0 saturated heterocycles. The summed E-state index contributed by atoms with van der Waals surface area (Å²) in [5, 5.41) is 0. The molecule has 1 aliphatic rings. The van der Waals surface area contributed by atoms with Crippen LogP contribution in [0.3, 0.4) is 0 Å². The lowest BCUT2D eigenvalue weighted by Crippen LogP contribution is -2.36. The fraction of sp³-hybridized carbons (Fsp3) is 0.632. The van der Waals surface area contributed by atoms with E-state index in [1.165, 1.54) is 12.0 Å². The molecule has 3 unspecified atom stereocenters. The van der Waals surface area contributed by atoms with E-state index in [0.717, 1.165) is 18.4 Å². The molecule has 0 bridgehead atoms. The fourth-order valence-electron chi connectivity index (χ4n) is 3.67. The molecular formula is C19H28O2. The Kier molecular flexibility index (Phi) is 4.88. The summed E-state index contributed by atoms with van der Waals surface area (Å²) in [6.07, 6.45) is 3.19. The standard InChI is InChI=1S/C19H28O2/c1-13-6-8-16(9-7-13)18(20)15(3)21-17-10-14(2)11-19(4,5)12-17/h6-9,14-15,17H,10-12H2,1-5H3. The molecule has 2 rings (SSSR count). The van der Waals surface area contributed by atoms with E-state index >= 15 is 0 Å². The van der Waals surface area contributed by atoms with Crippen molar-refractivity contribution >= 4 is 5.78 Å². The first-order valence-electron chi connectivity index (χ1n) is 8.03. The van der Waals surface area contributed by atoms with Crippen LogP contribution >= 0.6 is 0 Å². The van der Waals surface area contributed by atoms with Crippen molar-refractivity contribution in [1.29, 1.82) is 0 Å². The number of ketones is 1. The van der Waals surface area contributed by atoms with Gasteiger partial charge in [0.05, 0.1) is 6.10 Å². The molecule has 0 radical (unpaired) electrons.